The lowest BCUT2D eigenvalue weighted by Crippen LogP contribution is -2.02. The van der Waals surface area contributed by atoms with Crippen molar-refractivity contribution in [1.29, 1.82) is 5.26 Å². The van der Waals surface area contributed by atoms with Crippen molar-refractivity contribution in [2.75, 3.05) is 5.73 Å². The van der Waals surface area contributed by atoms with Crippen molar-refractivity contribution in [1.82, 2.24) is 14.5 Å². The Morgan fingerprint density at radius 1 is 1.03 bits per heavy atom. The molecule has 0 atom stereocenters. The first-order valence-corrected chi connectivity index (χ1v) is 7.95. The van der Waals surface area contributed by atoms with Crippen LogP contribution in [0.5, 0.6) is 5.75 Å². The first-order chi connectivity index (χ1) is 13.8. The van der Waals surface area contributed by atoms with Gasteiger partial charge in [0, 0.05) is 5.69 Å². The molecule has 0 saturated heterocycles. The van der Waals surface area contributed by atoms with E-state index in [1.54, 1.807) is 0 Å². The summed E-state index contributed by atoms with van der Waals surface area (Å²) >= 11 is 0. The third-order valence-corrected chi connectivity index (χ3v) is 4.30. The lowest BCUT2D eigenvalue weighted by Gasteiger charge is -2.07. The molecule has 0 unspecified atom stereocenters. The van der Waals surface area contributed by atoms with E-state index < -0.39 is 21.2 Å². The fourth-order valence-electron chi connectivity index (χ4n) is 3.01. The summed E-state index contributed by atoms with van der Waals surface area (Å²) in [5.74, 6) is 0.0382. The highest BCUT2D eigenvalue weighted by atomic mass is 16.6. The summed E-state index contributed by atoms with van der Waals surface area (Å²) in [5, 5.41) is 41.4. The predicted molar refractivity (Wildman–Crippen MR) is 100 cm³/mol. The molecule has 12 heteroatoms. The van der Waals surface area contributed by atoms with Gasteiger partial charge < -0.3 is 10.8 Å². The van der Waals surface area contributed by atoms with Crippen molar-refractivity contribution in [3.63, 3.8) is 0 Å². The van der Waals surface area contributed by atoms with Crippen molar-refractivity contribution in [2.45, 2.75) is 0 Å². The number of nitrogens with zero attached hydrogens (tertiary/aromatic N) is 6. The summed E-state index contributed by atoms with van der Waals surface area (Å²) in [6, 6.07) is 9.73. The lowest BCUT2D eigenvalue weighted by molar-refractivity contribution is -0.422. The molecule has 2 heterocycles. The maximum absolute atomic E-state index is 11.2. The maximum Gasteiger partial charge on any atom is 0.348 e. The van der Waals surface area contributed by atoms with Crippen LogP contribution in [0.1, 0.15) is 5.56 Å². The molecule has 4 aromatic rings. The zero-order chi connectivity index (χ0) is 20.9. The van der Waals surface area contributed by atoms with Crippen LogP contribution in [0.2, 0.25) is 0 Å². The van der Waals surface area contributed by atoms with Gasteiger partial charge in [0.1, 0.15) is 28.7 Å². The summed E-state index contributed by atoms with van der Waals surface area (Å²) in [6.07, 6.45) is 0. The van der Waals surface area contributed by atoms with Crippen LogP contribution in [0.4, 0.5) is 17.2 Å². The van der Waals surface area contributed by atoms with Gasteiger partial charge in [0.15, 0.2) is 5.65 Å². The van der Waals surface area contributed by atoms with Gasteiger partial charge in [-0.1, -0.05) is 0 Å². The molecule has 0 saturated carbocycles. The highest BCUT2D eigenvalue weighted by Crippen LogP contribution is 2.34. The number of phenols is 1. The number of nitro groups is 2. The highest BCUT2D eigenvalue weighted by Gasteiger charge is 2.27. The molecular formula is C17H9N7O5. The van der Waals surface area contributed by atoms with Crippen LogP contribution in [0.3, 0.4) is 0 Å². The maximum atomic E-state index is 11.2. The van der Waals surface area contributed by atoms with E-state index in [4.69, 9.17) is 5.73 Å². The van der Waals surface area contributed by atoms with E-state index in [1.807, 2.05) is 6.07 Å². The van der Waals surface area contributed by atoms with Crippen LogP contribution < -0.4 is 5.73 Å². The molecule has 12 nitrogen and oxygen atoms in total. The highest BCUT2D eigenvalue weighted by molar-refractivity contribution is 5.95. The van der Waals surface area contributed by atoms with E-state index in [9.17, 15) is 30.6 Å². The van der Waals surface area contributed by atoms with Gasteiger partial charge in [0.2, 0.25) is 0 Å². The van der Waals surface area contributed by atoms with Crippen molar-refractivity contribution >= 4 is 39.4 Å². The van der Waals surface area contributed by atoms with Crippen LogP contribution in [0.25, 0.3) is 27.9 Å². The third kappa shape index (κ3) is 2.61. The quantitative estimate of drug-likeness (QED) is 0.390. The van der Waals surface area contributed by atoms with E-state index in [2.05, 4.69) is 9.97 Å². The van der Waals surface area contributed by atoms with E-state index in [-0.39, 0.29) is 39.3 Å². The molecule has 0 fully saturated rings. The molecular weight excluding hydrogens is 382 g/mol. The largest absolute Gasteiger partial charge is 0.508 e. The number of benzene rings is 2. The zero-order valence-corrected chi connectivity index (χ0v) is 14.3. The number of nitro benzene ring substituents is 2. The molecule has 0 bridgehead atoms. The summed E-state index contributed by atoms with van der Waals surface area (Å²) in [4.78, 5) is 29.2. The van der Waals surface area contributed by atoms with Crippen LogP contribution in [0, 0.1) is 31.6 Å². The van der Waals surface area contributed by atoms with E-state index >= 15 is 0 Å². The molecule has 0 spiro atoms. The smallest absolute Gasteiger partial charge is 0.348 e. The Morgan fingerprint density at radius 3 is 2.10 bits per heavy atom. The normalized spacial score (nSPS) is 10.9. The molecule has 0 radical (unpaired) electrons. The van der Waals surface area contributed by atoms with Gasteiger partial charge in [-0.3, -0.25) is 24.8 Å². The predicted octanol–water partition coefficient (Wildman–Crippen LogP) is 2.55. The van der Waals surface area contributed by atoms with Crippen LogP contribution >= 0.6 is 0 Å². The summed E-state index contributed by atoms with van der Waals surface area (Å²) in [5.41, 5.74) is 5.37. The number of nitrogen functional groups attached to an aromatic ring is 1. The molecule has 0 amide bonds. The summed E-state index contributed by atoms with van der Waals surface area (Å²) in [6.45, 7) is 0. The molecule has 2 aromatic heterocycles. The number of phenolic OH excluding ortho intramolecular Hbond substituents is 1. The average molecular weight is 391 g/mol. The van der Waals surface area contributed by atoms with E-state index in [0.29, 0.717) is 5.69 Å². The molecule has 29 heavy (non-hydrogen) atoms. The standard InChI is InChI=1S/C17H9N7O5/c18-7-10-15-17(22(16(10)19)8-1-3-9(25)4-2-8)21-12-6-14(24(28)29)13(23(26)27)5-11(12)20-15/h1-6,25H,19H2. The SMILES string of the molecule is N#Cc1c(N)n(-c2ccc(O)cc2)c2nc3cc([N+](=O)[O-])c([N+](=O)[O-])cc3nc12. The number of nitriles is 1. The monoisotopic (exact) mass is 391 g/mol. The number of fused-ring (bicyclic) bond motifs is 2. The zero-order valence-electron chi connectivity index (χ0n) is 14.3. The van der Waals surface area contributed by atoms with Gasteiger partial charge in [0.25, 0.3) is 0 Å². The van der Waals surface area contributed by atoms with Crippen molar-refractivity contribution < 1.29 is 15.0 Å². The number of aromatic nitrogens is 3. The number of hydrogen-bond acceptors (Lipinski definition) is 9. The first kappa shape index (κ1) is 17.6. The molecule has 3 N–H and O–H groups in total. The second kappa shape index (κ2) is 6.13. The number of nitrogens with two attached hydrogens (primary N) is 1. The van der Waals surface area contributed by atoms with Gasteiger partial charge in [-0.15, -0.1) is 0 Å². The Bertz CT molecular complexity index is 1390. The third-order valence-electron chi connectivity index (χ3n) is 4.30. The second-order valence-electron chi connectivity index (χ2n) is 5.96. The molecule has 0 aliphatic heterocycles. The van der Waals surface area contributed by atoms with E-state index in [1.165, 1.54) is 28.8 Å². The number of rotatable bonds is 3. The number of anilines is 1. The van der Waals surface area contributed by atoms with Crippen molar-refractivity contribution in [3.05, 3.63) is 62.2 Å². The molecule has 0 aliphatic carbocycles. The molecule has 142 valence electrons. The van der Waals surface area contributed by atoms with Gasteiger partial charge in [-0.05, 0) is 24.3 Å². The number of aromatic hydroxyl groups is 1. The Morgan fingerprint density at radius 2 is 1.59 bits per heavy atom. The lowest BCUT2D eigenvalue weighted by atomic mass is 10.2. The Labute approximate surface area is 160 Å². The fourth-order valence-corrected chi connectivity index (χ4v) is 3.01. The average Bonchev–Trinajstić information content (AvgIpc) is 2.95. The van der Waals surface area contributed by atoms with Crippen LogP contribution in [0.15, 0.2) is 36.4 Å². The minimum absolute atomic E-state index is 0.00322. The van der Waals surface area contributed by atoms with Crippen LogP contribution in [-0.4, -0.2) is 29.5 Å². The van der Waals surface area contributed by atoms with Crippen LogP contribution in [-0.2, 0) is 0 Å². The Balaban J connectivity index is 2.12. The topological polar surface area (TPSA) is 187 Å². The minimum atomic E-state index is -0.884. The molecule has 0 aliphatic rings. The van der Waals surface area contributed by atoms with Crippen molar-refractivity contribution in [2.24, 2.45) is 0 Å². The van der Waals surface area contributed by atoms with Gasteiger partial charge in [-0.25, -0.2) is 9.97 Å². The summed E-state index contributed by atoms with van der Waals surface area (Å²) in [7, 11) is 0. The van der Waals surface area contributed by atoms with Gasteiger partial charge in [-0.2, -0.15) is 5.26 Å². The fraction of sp³-hybridized carbons (Fsp3) is 0. The molecule has 4 rings (SSSR count). The van der Waals surface area contributed by atoms with Crippen molar-refractivity contribution in [3.8, 4) is 17.5 Å². The minimum Gasteiger partial charge on any atom is -0.508 e. The second-order valence-corrected chi connectivity index (χ2v) is 5.96. The summed E-state index contributed by atoms with van der Waals surface area (Å²) < 4.78 is 1.41. The van der Waals surface area contributed by atoms with Gasteiger partial charge in [0.05, 0.1) is 33.0 Å². The number of hydrogen-bond donors (Lipinski definition) is 2. The Hall–Kier alpha value is -4.79. The molecule has 2 aromatic carbocycles. The Kier molecular flexibility index (Phi) is 3.72. The first-order valence-electron chi connectivity index (χ1n) is 7.95. The van der Waals surface area contributed by atoms with E-state index in [0.717, 1.165) is 12.1 Å². The van der Waals surface area contributed by atoms with Gasteiger partial charge >= 0.3 is 11.4 Å².